The molecule has 1 aromatic heterocycles. The van der Waals surface area contributed by atoms with Crippen LogP contribution in [0.4, 0.5) is 0 Å². The van der Waals surface area contributed by atoms with Crippen LogP contribution in [0.2, 0.25) is 0 Å². The molecule has 1 heterocycles. The Hall–Kier alpha value is -0.950. The maximum Gasteiger partial charge on any atom is 0.0969 e. The number of hydrogen-bond acceptors (Lipinski definition) is 3. The van der Waals surface area contributed by atoms with Crippen LogP contribution in [0.3, 0.4) is 0 Å². The molecule has 5 heteroatoms. The summed E-state index contributed by atoms with van der Waals surface area (Å²) in [5.41, 5.74) is 2.05. The molecule has 88 valence electrons. The zero-order valence-corrected chi connectivity index (χ0v) is 11.5. The van der Waals surface area contributed by atoms with E-state index in [2.05, 4.69) is 62.5 Å². The van der Waals surface area contributed by atoms with Crippen LogP contribution in [0.25, 0.3) is 5.69 Å². The highest BCUT2D eigenvalue weighted by Gasteiger charge is 2.20. The first-order chi connectivity index (χ1) is 8.31. The number of halogens is 1. The number of aromatic nitrogens is 3. The third-order valence-corrected chi connectivity index (χ3v) is 3.50. The van der Waals surface area contributed by atoms with E-state index in [1.165, 1.54) is 16.4 Å². The Kier molecular flexibility index (Phi) is 3.11. The molecule has 1 fully saturated rings. The second-order valence-electron chi connectivity index (χ2n) is 4.29. The lowest BCUT2D eigenvalue weighted by Crippen LogP contribution is -2.15. The normalized spacial score (nSPS) is 15.1. The number of benzene rings is 1. The molecule has 1 aliphatic rings. The fraction of sp³-hybridized carbons (Fsp3) is 0.333. The van der Waals surface area contributed by atoms with Crippen molar-refractivity contribution in [2.24, 2.45) is 0 Å². The molecule has 1 aliphatic carbocycles. The van der Waals surface area contributed by atoms with E-state index in [-0.39, 0.29) is 0 Å². The van der Waals surface area contributed by atoms with Crippen LogP contribution in [0.15, 0.2) is 30.5 Å². The number of hydrogen-bond donors (Lipinski definition) is 1. The zero-order valence-electron chi connectivity index (χ0n) is 9.31. The number of rotatable bonds is 4. The lowest BCUT2D eigenvalue weighted by atomic mass is 10.3. The van der Waals surface area contributed by atoms with Crippen molar-refractivity contribution in [3.8, 4) is 5.69 Å². The highest BCUT2D eigenvalue weighted by molar-refractivity contribution is 14.1. The van der Waals surface area contributed by atoms with Gasteiger partial charge in [-0.2, -0.15) is 0 Å². The topological polar surface area (TPSA) is 42.7 Å². The summed E-state index contributed by atoms with van der Waals surface area (Å²) in [4.78, 5) is 0. The van der Waals surface area contributed by atoms with Crippen molar-refractivity contribution in [3.05, 3.63) is 39.7 Å². The van der Waals surface area contributed by atoms with E-state index in [0.717, 1.165) is 17.9 Å². The van der Waals surface area contributed by atoms with Crippen LogP contribution in [-0.4, -0.2) is 21.0 Å². The molecule has 0 unspecified atom stereocenters. The van der Waals surface area contributed by atoms with Crippen molar-refractivity contribution in [3.63, 3.8) is 0 Å². The van der Waals surface area contributed by atoms with Gasteiger partial charge in [0.15, 0.2) is 0 Å². The SMILES string of the molecule is Ic1ccc(-n2cc(CNC3CC3)nn2)cc1. The van der Waals surface area contributed by atoms with Gasteiger partial charge < -0.3 is 5.32 Å². The van der Waals surface area contributed by atoms with E-state index in [1.54, 1.807) is 0 Å². The molecular weight excluding hydrogens is 327 g/mol. The minimum Gasteiger partial charge on any atom is -0.308 e. The highest BCUT2D eigenvalue weighted by Crippen LogP contribution is 2.19. The Morgan fingerprint density at radius 2 is 2.06 bits per heavy atom. The first kappa shape index (κ1) is 11.2. The molecule has 4 nitrogen and oxygen atoms in total. The number of nitrogens with one attached hydrogen (secondary N) is 1. The van der Waals surface area contributed by atoms with Gasteiger partial charge in [0.25, 0.3) is 0 Å². The summed E-state index contributed by atoms with van der Waals surface area (Å²) in [7, 11) is 0. The molecule has 0 bridgehead atoms. The molecule has 0 spiro atoms. The van der Waals surface area contributed by atoms with Gasteiger partial charge in [0, 0.05) is 16.2 Å². The van der Waals surface area contributed by atoms with Crippen LogP contribution < -0.4 is 5.32 Å². The van der Waals surface area contributed by atoms with E-state index in [9.17, 15) is 0 Å². The van der Waals surface area contributed by atoms with Crippen molar-refractivity contribution >= 4 is 22.6 Å². The third kappa shape index (κ3) is 2.84. The van der Waals surface area contributed by atoms with Crippen molar-refractivity contribution in [1.82, 2.24) is 20.3 Å². The largest absolute Gasteiger partial charge is 0.308 e. The Bertz CT molecular complexity index is 501. The Morgan fingerprint density at radius 3 is 2.76 bits per heavy atom. The van der Waals surface area contributed by atoms with Gasteiger partial charge in [0.05, 0.1) is 17.6 Å². The van der Waals surface area contributed by atoms with Crippen LogP contribution in [0.1, 0.15) is 18.5 Å². The molecule has 1 saturated carbocycles. The molecule has 17 heavy (non-hydrogen) atoms. The van der Waals surface area contributed by atoms with E-state index in [4.69, 9.17) is 0 Å². The van der Waals surface area contributed by atoms with E-state index in [1.807, 2.05) is 10.9 Å². The summed E-state index contributed by atoms with van der Waals surface area (Å²) in [5.74, 6) is 0. The Balaban J connectivity index is 1.72. The summed E-state index contributed by atoms with van der Waals surface area (Å²) in [6.45, 7) is 0.815. The van der Waals surface area contributed by atoms with Crippen LogP contribution in [-0.2, 0) is 6.54 Å². The molecule has 2 aromatic rings. The molecule has 0 aliphatic heterocycles. The van der Waals surface area contributed by atoms with Gasteiger partial charge in [-0.15, -0.1) is 5.10 Å². The quantitative estimate of drug-likeness (QED) is 0.867. The van der Waals surface area contributed by atoms with Crippen LogP contribution >= 0.6 is 22.6 Å². The van der Waals surface area contributed by atoms with Crippen molar-refractivity contribution in [1.29, 1.82) is 0 Å². The lowest BCUT2D eigenvalue weighted by Gasteiger charge is -1.99. The van der Waals surface area contributed by atoms with Gasteiger partial charge in [-0.3, -0.25) is 0 Å². The lowest BCUT2D eigenvalue weighted by molar-refractivity contribution is 0.671. The molecule has 0 atom stereocenters. The monoisotopic (exact) mass is 340 g/mol. The van der Waals surface area contributed by atoms with E-state index in [0.29, 0.717) is 6.04 Å². The average Bonchev–Trinajstić information content (AvgIpc) is 3.06. The predicted molar refractivity (Wildman–Crippen MR) is 73.9 cm³/mol. The van der Waals surface area contributed by atoms with E-state index >= 15 is 0 Å². The average molecular weight is 340 g/mol. The van der Waals surface area contributed by atoms with Crippen molar-refractivity contribution in [2.75, 3.05) is 0 Å². The van der Waals surface area contributed by atoms with Crippen molar-refractivity contribution < 1.29 is 0 Å². The Labute approximate surface area is 114 Å². The van der Waals surface area contributed by atoms with Gasteiger partial charge in [0.1, 0.15) is 0 Å². The molecule has 0 saturated heterocycles. The minimum absolute atomic E-state index is 0.707. The van der Waals surface area contributed by atoms with Gasteiger partial charge in [0.2, 0.25) is 0 Å². The molecule has 1 N–H and O–H groups in total. The van der Waals surface area contributed by atoms with Gasteiger partial charge in [-0.25, -0.2) is 4.68 Å². The van der Waals surface area contributed by atoms with Crippen LogP contribution in [0.5, 0.6) is 0 Å². The fourth-order valence-corrected chi connectivity index (χ4v) is 2.00. The smallest absolute Gasteiger partial charge is 0.0969 e. The van der Waals surface area contributed by atoms with Gasteiger partial charge in [-0.1, -0.05) is 5.21 Å². The highest BCUT2D eigenvalue weighted by atomic mass is 127. The summed E-state index contributed by atoms with van der Waals surface area (Å²) in [6.07, 6.45) is 4.58. The maximum absolute atomic E-state index is 4.16. The molecule has 3 rings (SSSR count). The standard InChI is InChI=1S/C12H13IN4/c13-9-1-5-12(6-2-9)17-8-11(15-16-17)7-14-10-3-4-10/h1-2,5-6,8,10,14H,3-4,7H2. The molecule has 0 radical (unpaired) electrons. The van der Waals surface area contributed by atoms with Crippen molar-refractivity contribution in [2.45, 2.75) is 25.4 Å². The van der Waals surface area contributed by atoms with E-state index < -0.39 is 0 Å². The first-order valence-corrected chi connectivity index (χ1v) is 6.80. The second kappa shape index (κ2) is 4.73. The number of nitrogens with zero attached hydrogens (tertiary/aromatic N) is 3. The second-order valence-corrected chi connectivity index (χ2v) is 5.53. The fourth-order valence-electron chi connectivity index (χ4n) is 1.64. The first-order valence-electron chi connectivity index (χ1n) is 5.72. The minimum atomic E-state index is 0.707. The zero-order chi connectivity index (χ0) is 11.7. The predicted octanol–water partition coefficient (Wildman–Crippen LogP) is 2.12. The Morgan fingerprint density at radius 1 is 1.29 bits per heavy atom. The van der Waals surface area contributed by atoms with Gasteiger partial charge in [-0.05, 0) is 59.7 Å². The summed E-state index contributed by atoms with van der Waals surface area (Å²) >= 11 is 2.29. The maximum atomic E-state index is 4.16. The van der Waals surface area contributed by atoms with Crippen LogP contribution in [0, 0.1) is 3.57 Å². The molecule has 1 aromatic carbocycles. The molecular formula is C12H13IN4. The summed E-state index contributed by atoms with van der Waals surface area (Å²) < 4.78 is 3.04. The third-order valence-electron chi connectivity index (χ3n) is 2.78. The summed E-state index contributed by atoms with van der Waals surface area (Å²) in [6, 6.07) is 8.95. The summed E-state index contributed by atoms with van der Waals surface area (Å²) in [5, 5.41) is 11.7. The molecule has 0 amide bonds. The van der Waals surface area contributed by atoms with Gasteiger partial charge >= 0.3 is 0 Å².